The Bertz CT molecular complexity index is 341. The second-order valence-corrected chi connectivity index (χ2v) is 6.02. The highest BCUT2D eigenvalue weighted by molar-refractivity contribution is 5.27. The molecule has 3 heteroatoms. The van der Waals surface area contributed by atoms with E-state index < -0.39 is 0 Å². The number of aryl methyl sites for hydroxylation is 1. The molecule has 0 spiro atoms. The molecule has 0 aliphatic rings. The Morgan fingerprint density at radius 3 is 2.28 bits per heavy atom. The van der Waals surface area contributed by atoms with Gasteiger partial charge in [-0.15, -0.1) is 0 Å². The van der Waals surface area contributed by atoms with Gasteiger partial charge in [-0.25, -0.2) is 0 Å². The average Bonchev–Trinajstić information content (AvgIpc) is 2.33. The van der Waals surface area contributed by atoms with Crippen LogP contribution in [-0.4, -0.2) is 13.2 Å². The maximum Gasteiger partial charge on any atom is 0.118 e. The summed E-state index contributed by atoms with van der Waals surface area (Å²) in [6.07, 6.45) is 3.18. The SMILES string of the molecule is COc1ccc(CCC(CC(C)(C)C)NN)cc1. The lowest BCUT2D eigenvalue weighted by atomic mass is 9.86. The second kappa shape index (κ2) is 6.76. The molecule has 0 saturated heterocycles. The lowest BCUT2D eigenvalue weighted by Crippen LogP contribution is -2.38. The topological polar surface area (TPSA) is 47.3 Å². The number of benzene rings is 1. The zero-order valence-electron chi connectivity index (χ0n) is 12.0. The summed E-state index contributed by atoms with van der Waals surface area (Å²) in [6.45, 7) is 6.72. The van der Waals surface area contributed by atoms with Crippen molar-refractivity contribution in [2.24, 2.45) is 11.3 Å². The van der Waals surface area contributed by atoms with Crippen molar-refractivity contribution in [1.82, 2.24) is 5.43 Å². The molecule has 1 unspecified atom stereocenters. The third kappa shape index (κ3) is 5.52. The summed E-state index contributed by atoms with van der Waals surface area (Å²) in [5.41, 5.74) is 4.55. The molecule has 3 nitrogen and oxygen atoms in total. The number of hydrogen-bond donors (Lipinski definition) is 2. The molecule has 3 N–H and O–H groups in total. The van der Waals surface area contributed by atoms with Gasteiger partial charge in [0, 0.05) is 6.04 Å². The third-order valence-electron chi connectivity index (χ3n) is 3.04. The van der Waals surface area contributed by atoms with Gasteiger partial charge >= 0.3 is 0 Å². The lowest BCUT2D eigenvalue weighted by Gasteiger charge is -2.25. The summed E-state index contributed by atoms with van der Waals surface area (Å²) in [5, 5.41) is 0. The summed E-state index contributed by atoms with van der Waals surface area (Å²) < 4.78 is 5.15. The van der Waals surface area contributed by atoms with Crippen LogP contribution in [0.2, 0.25) is 0 Å². The number of hydrogen-bond acceptors (Lipinski definition) is 3. The quantitative estimate of drug-likeness (QED) is 0.603. The molecule has 1 aromatic rings. The molecule has 1 atom stereocenters. The summed E-state index contributed by atoms with van der Waals surface area (Å²) in [4.78, 5) is 0. The van der Waals surface area contributed by atoms with Crippen molar-refractivity contribution in [1.29, 1.82) is 0 Å². The molecule has 0 radical (unpaired) electrons. The van der Waals surface area contributed by atoms with E-state index in [1.54, 1.807) is 7.11 Å². The van der Waals surface area contributed by atoms with E-state index in [1.165, 1.54) is 5.56 Å². The summed E-state index contributed by atoms with van der Waals surface area (Å²) in [7, 11) is 1.69. The molecule has 0 aliphatic heterocycles. The number of hydrazine groups is 1. The maximum absolute atomic E-state index is 5.62. The summed E-state index contributed by atoms with van der Waals surface area (Å²) in [6, 6.07) is 8.60. The van der Waals surface area contributed by atoms with Crippen molar-refractivity contribution in [3.63, 3.8) is 0 Å². The fraction of sp³-hybridized carbons (Fsp3) is 0.600. The molecule has 0 fully saturated rings. The highest BCUT2D eigenvalue weighted by Crippen LogP contribution is 2.23. The van der Waals surface area contributed by atoms with Crippen LogP contribution in [-0.2, 0) is 6.42 Å². The molecular formula is C15H26N2O. The fourth-order valence-corrected chi connectivity index (χ4v) is 2.12. The molecule has 0 amide bonds. The second-order valence-electron chi connectivity index (χ2n) is 6.02. The van der Waals surface area contributed by atoms with E-state index in [0.29, 0.717) is 11.5 Å². The predicted molar refractivity (Wildman–Crippen MR) is 76.5 cm³/mol. The van der Waals surface area contributed by atoms with Crippen LogP contribution >= 0.6 is 0 Å². The van der Waals surface area contributed by atoms with E-state index >= 15 is 0 Å². The van der Waals surface area contributed by atoms with Crippen LogP contribution in [0.15, 0.2) is 24.3 Å². The lowest BCUT2D eigenvalue weighted by molar-refractivity contribution is 0.300. The Hall–Kier alpha value is -1.06. The van der Waals surface area contributed by atoms with Crippen molar-refractivity contribution < 1.29 is 4.74 Å². The maximum atomic E-state index is 5.62. The van der Waals surface area contributed by atoms with Gasteiger partial charge < -0.3 is 4.74 Å². The minimum atomic E-state index is 0.303. The Balaban J connectivity index is 2.46. The fourth-order valence-electron chi connectivity index (χ4n) is 2.12. The smallest absolute Gasteiger partial charge is 0.118 e. The van der Waals surface area contributed by atoms with Crippen LogP contribution in [0.3, 0.4) is 0 Å². The Kier molecular flexibility index (Phi) is 5.63. The first-order chi connectivity index (χ1) is 8.44. The summed E-state index contributed by atoms with van der Waals surface area (Å²) in [5.74, 6) is 6.52. The van der Waals surface area contributed by atoms with Gasteiger partial charge in [-0.1, -0.05) is 32.9 Å². The Morgan fingerprint density at radius 2 is 1.83 bits per heavy atom. The van der Waals surface area contributed by atoms with Crippen LogP contribution in [0, 0.1) is 5.41 Å². The van der Waals surface area contributed by atoms with E-state index in [2.05, 4.69) is 38.3 Å². The highest BCUT2D eigenvalue weighted by Gasteiger charge is 2.17. The van der Waals surface area contributed by atoms with Crippen molar-refractivity contribution >= 4 is 0 Å². The molecule has 18 heavy (non-hydrogen) atoms. The predicted octanol–water partition coefficient (Wildman–Crippen LogP) is 2.90. The van der Waals surface area contributed by atoms with Crippen LogP contribution in [0.1, 0.15) is 39.2 Å². The minimum absolute atomic E-state index is 0.303. The van der Waals surface area contributed by atoms with E-state index in [9.17, 15) is 0 Å². The van der Waals surface area contributed by atoms with Crippen LogP contribution in [0.5, 0.6) is 5.75 Å². The molecule has 0 aromatic heterocycles. The number of rotatable bonds is 6. The minimum Gasteiger partial charge on any atom is -0.497 e. The number of nitrogens with one attached hydrogen (secondary N) is 1. The van der Waals surface area contributed by atoms with Gasteiger partial charge in [0.05, 0.1) is 7.11 Å². The standard InChI is InChI=1S/C15H26N2O/c1-15(2,3)11-13(17-16)8-5-12-6-9-14(18-4)10-7-12/h6-7,9-10,13,17H,5,8,11,16H2,1-4H3. The normalized spacial score (nSPS) is 13.4. The third-order valence-corrected chi connectivity index (χ3v) is 3.04. The monoisotopic (exact) mass is 250 g/mol. The van der Waals surface area contributed by atoms with Gasteiger partial charge in [-0.3, -0.25) is 11.3 Å². The van der Waals surface area contributed by atoms with Gasteiger partial charge in [-0.2, -0.15) is 0 Å². The molecule has 0 saturated carbocycles. The molecule has 1 rings (SSSR count). The van der Waals surface area contributed by atoms with Gasteiger partial charge in [-0.05, 0) is 42.4 Å². The molecule has 0 bridgehead atoms. The van der Waals surface area contributed by atoms with Crippen LogP contribution in [0.4, 0.5) is 0 Å². The summed E-state index contributed by atoms with van der Waals surface area (Å²) >= 11 is 0. The zero-order chi connectivity index (χ0) is 13.6. The molecule has 102 valence electrons. The van der Waals surface area contributed by atoms with E-state index in [4.69, 9.17) is 10.6 Å². The van der Waals surface area contributed by atoms with Gasteiger partial charge in [0.1, 0.15) is 5.75 Å². The van der Waals surface area contributed by atoms with E-state index in [0.717, 1.165) is 25.0 Å². The zero-order valence-corrected chi connectivity index (χ0v) is 12.0. The van der Waals surface area contributed by atoms with Gasteiger partial charge in [0.15, 0.2) is 0 Å². The average molecular weight is 250 g/mol. The van der Waals surface area contributed by atoms with Gasteiger partial charge in [0.2, 0.25) is 0 Å². The Morgan fingerprint density at radius 1 is 1.22 bits per heavy atom. The van der Waals surface area contributed by atoms with Gasteiger partial charge in [0.25, 0.3) is 0 Å². The number of methoxy groups -OCH3 is 1. The van der Waals surface area contributed by atoms with Crippen molar-refractivity contribution in [3.8, 4) is 5.75 Å². The van der Waals surface area contributed by atoms with Crippen LogP contribution in [0.25, 0.3) is 0 Å². The molecule has 1 aromatic carbocycles. The number of nitrogens with two attached hydrogens (primary N) is 1. The van der Waals surface area contributed by atoms with E-state index in [-0.39, 0.29) is 0 Å². The first kappa shape index (κ1) is 15.0. The van der Waals surface area contributed by atoms with Crippen LogP contribution < -0.4 is 16.0 Å². The Labute approximate surface area is 111 Å². The first-order valence-corrected chi connectivity index (χ1v) is 6.53. The van der Waals surface area contributed by atoms with E-state index in [1.807, 2.05) is 12.1 Å². The molecule has 0 heterocycles. The van der Waals surface area contributed by atoms with Crippen molar-refractivity contribution in [2.75, 3.05) is 7.11 Å². The largest absolute Gasteiger partial charge is 0.497 e. The highest BCUT2D eigenvalue weighted by atomic mass is 16.5. The van der Waals surface area contributed by atoms with Crippen molar-refractivity contribution in [3.05, 3.63) is 29.8 Å². The molecular weight excluding hydrogens is 224 g/mol. The molecule has 0 aliphatic carbocycles. The first-order valence-electron chi connectivity index (χ1n) is 6.53. The van der Waals surface area contributed by atoms with Crippen molar-refractivity contribution in [2.45, 2.75) is 46.1 Å². The number of ether oxygens (including phenoxy) is 1.